The van der Waals surface area contributed by atoms with Gasteiger partial charge in [0.2, 0.25) is 0 Å². The largest absolute Gasteiger partial charge is 0.371 e. The van der Waals surface area contributed by atoms with Crippen molar-refractivity contribution in [1.29, 1.82) is 0 Å². The lowest BCUT2D eigenvalue weighted by Crippen LogP contribution is -2.57. The Morgan fingerprint density at radius 1 is 1.18 bits per heavy atom. The number of carbonyl (C=O) groups excluding carboxylic acids is 1. The van der Waals surface area contributed by atoms with Crippen LogP contribution in [0.1, 0.15) is 31.2 Å². The van der Waals surface area contributed by atoms with Crippen molar-refractivity contribution in [1.82, 2.24) is 5.32 Å². The number of fused-ring (bicyclic) bond motifs is 1. The van der Waals surface area contributed by atoms with E-state index in [-0.39, 0.29) is 11.6 Å². The number of amidine groups is 1. The first-order chi connectivity index (χ1) is 13.5. The van der Waals surface area contributed by atoms with Gasteiger partial charge in [0.25, 0.3) is 0 Å². The number of benzene rings is 2. The lowest BCUT2D eigenvalue weighted by molar-refractivity contribution is 0.238. The molecular formula is C21H24ClN5O. The van der Waals surface area contributed by atoms with Crippen molar-refractivity contribution in [2.45, 2.75) is 43.8 Å². The highest BCUT2D eigenvalue weighted by Crippen LogP contribution is 2.39. The zero-order chi connectivity index (χ0) is 19.6. The summed E-state index contributed by atoms with van der Waals surface area (Å²) in [6.45, 7) is 0.553. The Hall–Kier alpha value is -2.73. The molecule has 7 heteroatoms. The summed E-state index contributed by atoms with van der Waals surface area (Å²) in [5, 5.41) is 10.8. The number of nitrogens with two attached hydrogens (primary N) is 1. The number of hydrogen-bond donors (Lipinski definition) is 4. The van der Waals surface area contributed by atoms with Crippen LogP contribution >= 0.6 is 11.6 Å². The number of halogens is 1. The maximum absolute atomic E-state index is 11.2. The second-order valence-corrected chi connectivity index (χ2v) is 7.89. The molecule has 1 saturated carbocycles. The Labute approximate surface area is 169 Å². The highest BCUT2D eigenvalue weighted by molar-refractivity contribution is 6.30. The molecular weight excluding hydrogens is 374 g/mol. The molecule has 2 aromatic rings. The number of primary amides is 1. The monoisotopic (exact) mass is 397 g/mol. The van der Waals surface area contributed by atoms with E-state index in [0.717, 1.165) is 48.5 Å². The van der Waals surface area contributed by atoms with Crippen LogP contribution in [0.5, 0.6) is 0 Å². The minimum absolute atomic E-state index is 0.108. The van der Waals surface area contributed by atoms with Crippen LogP contribution in [0.2, 0.25) is 5.02 Å². The lowest BCUT2D eigenvalue weighted by Gasteiger charge is -2.45. The fraction of sp³-hybridized carbons (Fsp3) is 0.333. The van der Waals surface area contributed by atoms with E-state index in [4.69, 9.17) is 22.3 Å². The van der Waals surface area contributed by atoms with Crippen LogP contribution in [-0.4, -0.2) is 23.4 Å². The van der Waals surface area contributed by atoms with E-state index in [9.17, 15) is 4.79 Å². The summed E-state index contributed by atoms with van der Waals surface area (Å²) in [5.41, 5.74) is 8.19. The van der Waals surface area contributed by atoms with Gasteiger partial charge in [0, 0.05) is 11.1 Å². The predicted molar refractivity (Wildman–Crippen MR) is 114 cm³/mol. The molecule has 2 aromatic carbocycles. The molecule has 1 aliphatic carbocycles. The summed E-state index contributed by atoms with van der Waals surface area (Å²) in [4.78, 5) is 16.1. The average Bonchev–Trinajstić information content (AvgIpc) is 2.68. The van der Waals surface area contributed by atoms with Gasteiger partial charge in [0.15, 0.2) is 0 Å². The Bertz CT molecular complexity index is 905. The third-order valence-corrected chi connectivity index (χ3v) is 5.74. The number of anilines is 2. The van der Waals surface area contributed by atoms with Gasteiger partial charge in [-0.2, -0.15) is 0 Å². The van der Waals surface area contributed by atoms with Gasteiger partial charge in [-0.25, -0.2) is 4.79 Å². The molecule has 1 fully saturated rings. The van der Waals surface area contributed by atoms with Crippen molar-refractivity contribution in [2.24, 2.45) is 10.7 Å². The van der Waals surface area contributed by atoms with Crippen LogP contribution in [-0.2, 0) is 6.54 Å². The number of amides is 2. The molecule has 2 aliphatic rings. The summed E-state index contributed by atoms with van der Waals surface area (Å²) in [6, 6.07) is 15.6. The van der Waals surface area contributed by atoms with Crippen LogP contribution in [0.4, 0.5) is 16.2 Å². The lowest BCUT2D eigenvalue weighted by atomic mass is 9.77. The van der Waals surface area contributed by atoms with Crippen LogP contribution < -0.4 is 21.7 Å². The number of aliphatic imine (C=N–C) groups is 1. The molecule has 1 heterocycles. The van der Waals surface area contributed by atoms with E-state index in [1.165, 1.54) is 0 Å². The number of hydrogen-bond acceptors (Lipinski definition) is 3. The van der Waals surface area contributed by atoms with Gasteiger partial charge in [-0.1, -0.05) is 35.9 Å². The first-order valence-electron chi connectivity index (χ1n) is 9.54. The minimum atomic E-state index is -0.462. The topological polar surface area (TPSA) is 91.5 Å². The fourth-order valence-corrected chi connectivity index (χ4v) is 4.29. The molecule has 5 N–H and O–H groups in total. The maximum atomic E-state index is 11.2. The van der Waals surface area contributed by atoms with Crippen molar-refractivity contribution in [3.63, 3.8) is 0 Å². The molecule has 0 atom stereocenters. The van der Waals surface area contributed by atoms with Gasteiger partial charge in [-0.15, -0.1) is 0 Å². The first-order valence-corrected chi connectivity index (χ1v) is 9.91. The fourth-order valence-electron chi connectivity index (χ4n) is 4.08. The maximum Gasteiger partial charge on any atom is 0.312 e. The standard InChI is InChI=1S/C21H24ClN5O/c22-15-5-3-4-14(12-15)13-24-19-21(10-8-16(9-11-21)25-20(23)28)27-18-7-2-1-6-17(18)26-19/h1-7,12,16,27H,8-11,13H2,(H,24,26)(H3,23,25,28). The second-order valence-electron chi connectivity index (χ2n) is 7.46. The second kappa shape index (κ2) is 7.72. The van der Waals surface area contributed by atoms with Gasteiger partial charge in [-0.05, 0) is 55.5 Å². The van der Waals surface area contributed by atoms with Gasteiger partial charge >= 0.3 is 6.03 Å². The number of nitrogens with zero attached hydrogens (tertiary/aromatic N) is 1. The van der Waals surface area contributed by atoms with Gasteiger partial charge in [0.05, 0.1) is 23.5 Å². The van der Waals surface area contributed by atoms with Gasteiger partial charge < -0.3 is 21.7 Å². The number of carbonyl (C=O) groups is 1. The molecule has 0 saturated heterocycles. The van der Waals surface area contributed by atoms with E-state index in [1.54, 1.807) is 0 Å². The van der Waals surface area contributed by atoms with Crippen LogP contribution in [0.25, 0.3) is 0 Å². The average molecular weight is 398 g/mol. The zero-order valence-electron chi connectivity index (χ0n) is 15.5. The number of para-hydroxylation sites is 2. The number of rotatable bonds is 3. The van der Waals surface area contributed by atoms with E-state index in [1.807, 2.05) is 42.5 Å². The molecule has 28 heavy (non-hydrogen) atoms. The molecule has 146 valence electrons. The van der Waals surface area contributed by atoms with Crippen molar-refractivity contribution in [2.75, 3.05) is 10.6 Å². The molecule has 4 rings (SSSR count). The van der Waals surface area contributed by atoms with Crippen LogP contribution in [0.3, 0.4) is 0 Å². The van der Waals surface area contributed by atoms with Gasteiger partial charge in [0.1, 0.15) is 5.84 Å². The Morgan fingerprint density at radius 3 is 2.64 bits per heavy atom. The summed E-state index contributed by atoms with van der Waals surface area (Å²) < 4.78 is 0. The normalized spacial score (nSPS) is 24.9. The SMILES string of the molecule is NC(=O)NC1CCC2(CC1)Nc1ccccc1NC2=NCc1cccc(Cl)c1. The third kappa shape index (κ3) is 3.92. The number of nitrogens with one attached hydrogen (secondary N) is 3. The van der Waals surface area contributed by atoms with Crippen molar-refractivity contribution in [3.8, 4) is 0 Å². The van der Waals surface area contributed by atoms with Crippen molar-refractivity contribution in [3.05, 3.63) is 59.1 Å². The zero-order valence-corrected chi connectivity index (χ0v) is 16.3. The van der Waals surface area contributed by atoms with E-state index < -0.39 is 6.03 Å². The van der Waals surface area contributed by atoms with Crippen molar-refractivity contribution >= 4 is 34.8 Å². The van der Waals surface area contributed by atoms with E-state index >= 15 is 0 Å². The molecule has 0 bridgehead atoms. The Balaban J connectivity index is 1.60. The minimum Gasteiger partial charge on any atom is -0.371 e. The number of urea groups is 1. The molecule has 2 amide bonds. The highest BCUT2D eigenvalue weighted by atomic mass is 35.5. The Morgan fingerprint density at radius 2 is 1.93 bits per heavy atom. The molecule has 1 aliphatic heterocycles. The van der Waals surface area contributed by atoms with E-state index in [2.05, 4.69) is 22.0 Å². The highest BCUT2D eigenvalue weighted by Gasteiger charge is 2.43. The Kier molecular flexibility index (Phi) is 5.13. The summed E-state index contributed by atoms with van der Waals surface area (Å²) in [5.74, 6) is 0.934. The van der Waals surface area contributed by atoms with E-state index in [0.29, 0.717) is 11.6 Å². The summed E-state index contributed by atoms with van der Waals surface area (Å²) in [6.07, 6.45) is 3.40. The molecule has 1 spiro atoms. The summed E-state index contributed by atoms with van der Waals surface area (Å²) in [7, 11) is 0. The first kappa shape index (κ1) is 18.6. The predicted octanol–water partition coefficient (Wildman–Crippen LogP) is 4.13. The van der Waals surface area contributed by atoms with Crippen LogP contribution in [0.15, 0.2) is 53.5 Å². The third-order valence-electron chi connectivity index (χ3n) is 5.50. The molecule has 0 radical (unpaired) electrons. The molecule has 6 nitrogen and oxygen atoms in total. The molecule has 0 unspecified atom stereocenters. The summed E-state index contributed by atoms with van der Waals surface area (Å²) >= 11 is 6.11. The van der Waals surface area contributed by atoms with Crippen LogP contribution in [0, 0.1) is 0 Å². The van der Waals surface area contributed by atoms with Crippen molar-refractivity contribution < 1.29 is 4.79 Å². The smallest absolute Gasteiger partial charge is 0.312 e. The molecule has 0 aromatic heterocycles. The quantitative estimate of drug-likeness (QED) is 0.627. The van der Waals surface area contributed by atoms with Gasteiger partial charge in [-0.3, -0.25) is 4.99 Å².